The number of methoxy groups -OCH3 is 2. The molecule has 0 radical (unpaired) electrons. The molecule has 23 heavy (non-hydrogen) atoms. The molecule has 0 bridgehead atoms. The molecule has 0 aliphatic rings. The first-order valence-corrected chi connectivity index (χ1v) is 7.84. The van der Waals surface area contributed by atoms with Gasteiger partial charge in [0.2, 0.25) is 0 Å². The Morgan fingerprint density at radius 1 is 1.22 bits per heavy atom. The van der Waals surface area contributed by atoms with Crippen LogP contribution in [-0.2, 0) is 9.53 Å². The molecule has 5 heteroatoms. The Labute approximate surface area is 139 Å². The van der Waals surface area contributed by atoms with E-state index in [4.69, 9.17) is 19.9 Å². The fourth-order valence-corrected chi connectivity index (χ4v) is 2.70. The van der Waals surface area contributed by atoms with Crippen molar-refractivity contribution in [3.8, 4) is 11.5 Å². The van der Waals surface area contributed by atoms with Crippen LogP contribution in [-0.4, -0.2) is 38.8 Å². The molecule has 0 amide bonds. The molecular weight excluding hydrogens is 294 g/mol. The van der Waals surface area contributed by atoms with Crippen molar-refractivity contribution in [2.75, 3.05) is 20.8 Å². The number of hydrogen-bond donors (Lipinski definition) is 1. The fraction of sp³-hybridized carbons (Fsp3) is 0.611. The van der Waals surface area contributed by atoms with E-state index in [2.05, 4.69) is 13.8 Å². The third-order valence-corrected chi connectivity index (χ3v) is 3.95. The largest absolute Gasteiger partial charge is 0.497 e. The summed E-state index contributed by atoms with van der Waals surface area (Å²) in [4.78, 5) is 10.9. The summed E-state index contributed by atoms with van der Waals surface area (Å²) >= 11 is 0. The Kier molecular flexibility index (Phi) is 7.03. The number of benzene rings is 1. The normalized spacial score (nSPS) is 16.5. The SMILES string of the molecule is COc1ccc([C@H](C(C)C)[C@H](C)OC[C@@](C)(N)C=O)c(OC)c1. The summed E-state index contributed by atoms with van der Waals surface area (Å²) in [7, 11) is 3.27. The van der Waals surface area contributed by atoms with E-state index in [0.29, 0.717) is 5.92 Å². The van der Waals surface area contributed by atoms with Crippen molar-refractivity contribution in [2.45, 2.75) is 45.3 Å². The van der Waals surface area contributed by atoms with Crippen LogP contribution in [0.3, 0.4) is 0 Å². The number of ether oxygens (including phenoxy) is 3. The molecule has 0 saturated heterocycles. The van der Waals surface area contributed by atoms with Gasteiger partial charge in [0.25, 0.3) is 0 Å². The molecule has 1 aromatic rings. The molecule has 0 aliphatic heterocycles. The highest BCUT2D eigenvalue weighted by Crippen LogP contribution is 2.37. The van der Waals surface area contributed by atoms with Crippen molar-refractivity contribution in [3.63, 3.8) is 0 Å². The molecule has 130 valence electrons. The highest BCUT2D eigenvalue weighted by Gasteiger charge is 2.28. The maximum Gasteiger partial charge on any atom is 0.141 e. The molecule has 0 aromatic heterocycles. The predicted octanol–water partition coefficient (Wildman–Crippen LogP) is 2.76. The number of rotatable bonds is 9. The Morgan fingerprint density at radius 3 is 2.35 bits per heavy atom. The molecular formula is C18H29NO4. The van der Waals surface area contributed by atoms with E-state index in [0.717, 1.165) is 23.3 Å². The zero-order valence-electron chi connectivity index (χ0n) is 15.0. The molecule has 0 heterocycles. The van der Waals surface area contributed by atoms with E-state index in [1.807, 2.05) is 25.1 Å². The van der Waals surface area contributed by atoms with E-state index in [9.17, 15) is 4.79 Å². The summed E-state index contributed by atoms with van der Waals surface area (Å²) in [6.45, 7) is 8.10. The molecule has 3 atom stereocenters. The van der Waals surface area contributed by atoms with Crippen LogP contribution in [0.5, 0.6) is 11.5 Å². The second-order valence-corrected chi connectivity index (χ2v) is 6.52. The summed E-state index contributed by atoms with van der Waals surface area (Å²) in [5, 5.41) is 0. The highest BCUT2D eigenvalue weighted by atomic mass is 16.5. The maximum atomic E-state index is 10.9. The van der Waals surface area contributed by atoms with Crippen LogP contribution in [0.2, 0.25) is 0 Å². The van der Waals surface area contributed by atoms with Crippen molar-refractivity contribution < 1.29 is 19.0 Å². The lowest BCUT2D eigenvalue weighted by atomic mass is 9.83. The minimum atomic E-state index is -0.972. The van der Waals surface area contributed by atoms with E-state index in [1.165, 1.54) is 0 Å². The minimum absolute atomic E-state index is 0.110. The highest BCUT2D eigenvalue weighted by molar-refractivity contribution is 5.63. The summed E-state index contributed by atoms with van der Waals surface area (Å²) in [5.74, 6) is 1.95. The van der Waals surface area contributed by atoms with Gasteiger partial charge in [-0.2, -0.15) is 0 Å². The standard InChI is InChI=1S/C18H29NO4/c1-12(2)17(13(3)23-11-18(4,19)10-20)15-8-7-14(21-5)9-16(15)22-6/h7-10,12-13,17H,11,19H2,1-6H3/t13-,17+,18-/m0/s1. The Bertz CT molecular complexity index is 514. The van der Waals surface area contributed by atoms with E-state index in [1.54, 1.807) is 21.1 Å². The van der Waals surface area contributed by atoms with Crippen molar-refractivity contribution in [1.82, 2.24) is 0 Å². The van der Waals surface area contributed by atoms with Crippen LogP contribution in [0.15, 0.2) is 18.2 Å². The summed E-state index contributed by atoms with van der Waals surface area (Å²) < 4.78 is 16.7. The predicted molar refractivity (Wildman–Crippen MR) is 91.2 cm³/mol. The molecule has 1 aromatic carbocycles. The molecule has 0 spiro atoms. The molecule has 5 nitrogen and oxygen atoms in total. The number of carbonyl (C=O) groups excluding carboxylic acids is 1. The van der Waals surface area contributed by atoms with Crippen molar-refractivity contribution in [2.24, 2.45) is 11.7 Å². The number of nitrogens with two attached hydrogens (primary N) is 1. The van der Waals surface area contributed by atoms with Gasteiger partial charge in [-0.3, -0.25) is 0 Å². The summed E-state index contributed by atoms with van der Waals surface area (Å²) in [5.41, 5.74) is 5.92. The molecule has 2 N–H and O–H groups in total. The number of hydrogen-bond acceptors (Lipinski definition) is 5. The molecule has 1 rings (SSSR count). The first-order valence-electron chi connectivity index (χ1n) is 7.84. The quantitative estimate of drug-likeness (QED) is 0.708. The summed E-state index contributed by atoms with van der Waals surface area (Å²) in [6, 6.07) is 5.79. The van der Waals surface area contributed by atoms with Crippen molar-refractivity contribution >= 4 is 6.29 Å². The average molecular weight is 323 g/mol. The lowest BCUT2D eigenvalue weighted by Crippen LogP contribution is -2.44. The number of carbonyl (C=O) groups is 1. The second-order valence-electron chi connectivity index (χ2n) is 6.52. The third kappa shape index (κ3) is 5.22. The lowest BCUT2D eigenvalue weighted by molar-refractivity contribution is -0.114. The van der Waals surface area contributed by atoms with Gasteiger partial charge in [-0.1, -0.05) is 19.9 Å². The van der Waals surface area contributed by atoms with E-state index >= 15 is 0 Å². The van der Waals surface area contributed by atoms with Crippen LogP contribution in [0.4, 0.5) is 0 Å². The van der Waals surface area contributed by atoms with Gasteiger partial charge in [-0.15, -0.1) is 0 Å². The van der Waals surface area contributed by atoms with Gasteiger partial charge < -0.3 is 24.7 Å². The van der Waals surface area contributed by atoms with E-state index < -0.39 is 5.54 Å². The zero-order chi connectivity index (χ0) is 17.6. The van der Waals surface area contributed by atoms with Crippen LogP contribution in [0.25, 0.3) is 0 Å². The Balaban J connectivity index is 3.04. The topological polar surface area (TPSA) is 70.8 Å². The molecule has 0 aliphatic carbocycles. The van der Waals surface area contributed by atoms with Gasteiger partial charge in [-0.25, -0.2) is 0 Å². The van der Waals surface area contributed by atoms with Gasteiger partial charge in [0.15, 0.2) is 0 Å². The van der Waals surface area contributed by atoms with Gasteiger partial charge >= 0.3 is 0 Å². The number of aldehydes is 1. The average Bonchev–Trinajstić information content (AvgIpc) is 2.53. The first-order chi connectivity index (χ1) is 10.8. The molecule has 0 unspecified atom stereocenters. The van der Waals surface area contributed by atoms with Gasteiger partial charge in [-0.05, 0) is 25.8 Å². The van der Waals surface area contributed by atoms with Crippen LogP contribution in [0.1, 0.15) is 39.2 Å². The van der Waals surface area contributed by atoms with Crippen LogP contribution in [0, 0.1) is 5.92 Å². The maximum absolute atomic E-state index is 10.9. The smallest absolute Gasteiger partial charge is 0.141 e. The van der Waals surface area contributed by atoms with Crippen LogP contribution >= 0.6 is 0 Å². The second kappa shape index (κ2) is 8.31. The third-order valence-electron chi connectivity index (χ3n) is 3.95. The van der Waals surface area contributed by atoms with E-state index in [-0.39, 0.29) is 18.6 Å². The van der Waals surface area contributed by atoms with Crippen molar-refractivity contribution in [3.05, 3.63) is 23.8 Å². The summed E-state index contributed by atoms with van der Waals surface area (Å²) in [6.07, 6.45) is 0.609. The fourth-order valence-electron chi connectivity index (χ4n) is 2.70. The molecule has 0 saturated carbocycles. The Hall–Kier alpha value is -1.59. The minimum Gasteiger partial charge on any atom is -0.497 e. The first kappa shape index (κ1) is 19.5. The zero-order valence-corrected chi connectivity index (χ0v) is 15.0. The van der Waals surface area contributed by atoms with Gasteiger partial charge in [0.05, 0.1) is 32.5 Å². The van der Waals surface area contributed by atoms with Crippen molar-refractivity contribution in [1.29, 1.82) is 0 Å². The molecule has 0 fully saturated rings. The van der Waals surface area contributed by atoms with Gasteiger partial charge in [0.1, 0.15) is 17.8 Å². The van der Waals surface area contributed by atoms with Crippen LogP contribution < -0.4 is 15.2 Å². The Morgan fingerprint density at radius 2 is 1.87 bits per heavy atom. The lowest BCUT2D eigenvalue weighted by Gasteiger charge is -2.31. The monoisotopic (exact) mass is 323 g/mol. The van der Waals surface area contributed by atoms with Gasteiger partial charge in [0, 0.05) is 17.5 Å².